The summed E-state index contributed by atoms with van der Waals surface area (Å²) in [5.74, 6) is 1.75. The number of thiocarbonyl (C=S) groups is 1. The Kier molecular flexibility index (Phi) is 7.66. The molecule has 1 heterocycles. The fourth-order valence-corrected chi connectivity index (χ4v) is 3.95. The third-order valence-electron chi connectivity index (χ3n) is 5.06. The van der Waals surface area contributed by atoms with E-state index in [4.69, 9.17) is 12.2 Å². The molecule has 0 bridgehead atoms. The van der Waals surface area contributed by atoms with Gasteiger partial charge >= 0.3 is 0 Å². The first-order valence-electron chi connectivity index (χ1n) is 8.91. The summed E-state index contributed by atoms with van der Waals surface area (Å²) in [5.41, 5.74) is 1.45. The van der Waals surface area contributed by atoms with Crippen LogP contribution >= 0.6 is 12.2 Å². The monoisotopic (exact) mass is 305 g/mol. The van der Waals surface area contributed by atoms with Gasteiger partial charge in [0.15, 0.2) is 0 Å². The lowest BCUT2D eigenvalue weighted by molar-refractivity contribution is 0.241. The molecule has 0 amide bonds. The molecule has 2 heteroatoms. The van der Waals surface area contributed by atoms with Crippen LogP contribution < -0.4 is 5.32 Å². The molecule has 0 radical (unpaired) electrons. The molecule has 21 heavy (non-hydrogen) atoms. The molecular formula is C19H31NS. The average Bonchev–Trinajstić information content (AvgIpc) is 2.53. The van der Waals surface area contributed by atoms with Crippen molar-refractivity contribution in [2.45, 2.75) is 64.7 Å². The predicted molar refractivity (Wildman–Crippen MR) is 96.9 cm³/mol. The van der Waals surface area contributed by atoms with E-state index in [9.17, 15) is 0 Å². The number of allylic oxidation sites excluding steroid dienone is 4. The molecule has 1 saturated heterocycles. The lowest BCUT2D eigenvalue weighted by atomic mass is 9.77. The van der Waals surface area contributed by atoms with Gasteiger partial charge in [0.2, 0.25) is 0 Å². The third-order valence-corrected chi connectivity index (χ3v) is 5.48. The molecular weight excluding hydrogens is 274 g/mol. The number of rotatable bonds is 8. The van der Waals surface area contributed by atoms with E-state index in [2.05, 4.69) is 30.5 Å². The molecule has 2 rings (SSSR count). The molecule has 1 aliphatic carbocycles. The maximum Gasteiger partial charge on any atom is 0.0222 e. The Morgan fingerprint density at radius 3 is 2.76 bits per heavy atom. The Balaban J connectivity index is 1.91. The molecule has 2 aliphatic rings. The van der Waals surface area contributed by atoms with Gasteiger partial charge in [0.05, 0.1) is 0 Å². The van der Waals surface area contributed by atoms with Crippen LogP contribution in [0.4, 0.5) is 0 Å². The molecule has 1 aliphatic heterocycles. The van der Waals surface area contributed by atoms with Crippen molar-refractivity contribution in [3.63, 3.8) is 0 Å². The Hall–Kier alpha value is -0.470. The largest absolute Gasteiger partial charge is 0.317 e. The van der Waals surface area contributed by atoms with E-state index in [-0.39, 0.29) is 0 Å². The zero-order valence-corrected chi connectivity index (χ0v) is 14.4. The molecule has 1 N–H and O–H groups in total. The fourth-order valence-electron chi connectivity index (χ4n) is 3.70. The lowest BCUT2D eigenvalue weighted by Gasteiger charge is -2.32. The Labute approximate surface area is 136 Å². The van der Waals surface area contributed by atoms with Crippen LogP contribution in [0.3, 0.4) is 0 Å². The minimum Gasteiger partial charge on any atom is -0.317 e. The fraction of sp³-hybridized carbons (Fsp3) is 0.737. The Morgan fingerprint density at radius 1 is 1.24 bits per heavy atom. The summed E-state index contributed by atoms with van der Waals surface area (Å²) in [6.45, 7) is 4.71. The van der Waals surface area contributed by atoms with Gasteiger partial charge < -0.3 is 5.32 Å². The Morgan fingerprint density at radius 2 is 2.05 bits per heavy atom. The van der Waals surface area contributed by atoms with Gasteiger partial charge in [0.1, 0.15) is 0 Å². The lowest BCUT2D eigenvalue weighted by Crippen LogP contribution is -2.32. The van der Waals surface area contributed by atoms with Crippen molar-refractivity contribution in [1.29, 1.82) is 0 Å². The van der Waals surface area contributed by atoms with Crippen LogP contribution in [0.25, 0.3) is 0 Å². The van der Waals surface area contributed by atoms with E-state index in [1.807, 2.05) is 0 Å². The van der Waals surface area contributed by atoms with Gasteiger partial charge in [-0.05, 0) is 56.2 Å². The summed E-state index contributed by atoms with van der Waals surface area (Å²) in [4.78, 5) is 1.19. The predicted octanol–water partition coefficient (Wildman–Crippen LogP) is 5.22. The van der Waals surface area contributed by atoms with Crippen molar-refractivity contribution >= 4 is 17.1 Å². The third kappa shape index (κ3) is 5.67. The van der Waals surface area contributed by atoms with Crippen molar-refractivity contribution in [3.05, 3.63) is 23.8 Å². The molecule has 1 fully saturated rings. The highest BCUT2D eigenvalue weighted by molar-refractivity contribution is 7.80. The maximum absolute atomic E-state index is 5.57. The number of hydrogen-bond acceptors (Lipinski definition) is 2. The first-order chi connectivity index (χ1) is 10.3. The van der Waals surface area contributed by atoms with Crippen molar-refractivity contribution in [2.75, 3.05) is 13.1 Å². The average molecular weight is 306 g/mol. The summed E-state index contributed by atoms with van der Waals surface area (Å²) in [7, 11) is 0. The summed E-state index contributed by atoms with van der Waals surface area (Å²) in [6, 6.07) is 0. The first-order valence-corrected chi connectivity index (χ1v) is 9.31. The number of unbranched alkanes of at least 4 members (excludes halogenated alkanes) is 3. The van der Waals surface area contributed by atoms with Gasteiger partial charge in [-0.15, -0.1) is 0 Å². The molecule has 0 aromatic rings. The SMILES string of the molecule is CCCCCCC(CC1=CC=CCC1=S)C1CCNCC1. The summed E-state index contributed by atoms with van der Waals surface area (Å²) in [6.07, 6.45) is 18.5. The van der Waals surface area contributed by atoms with Crippen molar-refractivity contribution in [3.8, 4) is 0 Å². The molecule has 0 aromatic carbocycles. The highest BCUT2D eigenvalue weighted by Gasteiger charge is 2.25. The topological polar surface area (TPSA) is 12.0 Å². The van der Waals surface area contributed by atoms with Crippen LogP contribution in [0.1, 0.15) is 64.7 Å². The van der Waals surface area contributed by atoms with E-state index in [0.29, 0.717) is 0 Å². The first kappa shape index (κ1) is 16.9. The molecule has 1 atom stereocenters. The van der Waals surface area contributed by atoms with Crippen LogP contribution in [0.5, 0.6) is 0 Å². The van der Waals surface area contributed by atoms with E-state index >= 15 is 0 Å². The second-order valence-corrected chi connectivity index (χ2v) is 7.14. The molecule has 0 aromatic heterocycles. The van der Waals surface area contributed by atoms with Gasteiger partial charge in [-0.1, -0.05) is 63.1 Å². The van der Waals surface area contributed by atoms with E-state index < -0.39 is 0 Å². The molecule has 0 spiro atoms. The van der Waals surface area contributed by atoms with Gasteiger partial charge in [0.25, 0.3) is 0 Å². The minimum atomic E-state index is 0.847. The number of hydrogen-bond donors (Lipinski definition) is 1. The summed E-state index contributed by atoms with van der Waals surface area (Å²) >= 11 is 5.57. The van der Waals surface area contributed by atoms with Crippen molar-refractivity contribution in [2.24, 2.45) is 11.8 Å². The zero-order valence-electron chi connectivity index (χ0n) is 13.6. The van der Waals surface area contributed by atoms with E-state index in [0.717, 1.165) is 18.3 Å². The highest BCUT2D eigenvalue weighted by Crippen LogP contribution is 2.33. The van der Waals surface area contributed by atoms with E-state index in [1.54, 1.807) is 0 Å². The van der Waals surface area contributed by atoms with Crippen molar-refractivity contribution < 1.29 is 0 Å². The molecule has 118 valence electrons. The molecule has 0 saturated carbocycles. The number of piperidine rings is 1. The van der Waals surface area contributed by atoms with Crippen LogP contribution in [0.15, 0.2) is 23.8 Å². The van der Waals surface area contributed by atoms with Crippen molar-refractivity contribution in [1.82, 2.24) is 5.32 Å². The number of nitrogens with one attached hydrogen (secondary N) is 1. The standard InChI is InChI=1S/C19H31NS/c1-2-3-4-5-8-17(16-11-13-20-14-12-16)15-18-9-6-7-10-19(18)21/h6-7,9,16-17,20H,2-5,8,10-15H2,1H3. The Bertz CT molecular complexity index is 377. The van der Waals surface area contributed by atoms with E-state index in [1.165, 1.54) is 74.9 Å². The van der Waals surface area contributed by atoms with Gasteiger partial charge in [-0.3, -0.25) is 0 Å². The van der Waals surface area contributed by atoms with Crippen LogP contribution in [0, 0.1) is 11.8 Å². The quantitative estimate of drug-likeness (QED) is 0.487. The smallest absolute Gasteiger partial charge is 0.0222 e. The van der Waals surface area contributed by atoms with Crippen LogP contribution in [-0.2, 0) is 0 Å². The highest BCUT2D eigenvalue weighted by atomic mass is 32.1. The second-order valence-electron chi connectivity index (χ2n) is 6.65. The zero-order chi connectivity index (χ0) is 14.9. The van der Waals surface area contributed by atoms with Gasteiger partial charge in [0, 0.05) is 11.3 Å². The normalized spacial score (nSPS) is 21.4. The van der Waals surface area contributed by atoms with Gasteiger partial charge in [-0.25, -0.2) is 0 Å². The summed E-state index contributed by atoms with van der Waals surface area (Å²) in [5, 5.41) is 3.51. The molecule has 1 unspecified atom stereocenters. The molecule has 1 nitrogen and oxygen atoms in total. The second kappa shape index (κ2) is 9.53. The maximum atomic E-state index is 5.57. The minimum absolute atomic E-state index is 0.847. The van der Waals surface area contributed by atoms with Crippen LogP contribution in [0.2, 0.25) is 0 Å². The summed E-state index contributed by atoms with van der Waals surface area (Å²) < 4.78 is 0. The van der Waals surface area contributed by atoms with Gasteiger partial charge in [-0.2, -0.15) is 0 Å². The van der Waals surface area contributed by atoms with Crippen LogP contribution in [-0.4, -0.2) is 18.0 Å².